The predicted octanol–water partition coefficient (Wildman–Crippen LogP) is 2.52. The van der Waals surface area contributed by atoms with Gasteiger partial charge in [-0.2, -0.15) is 0 Å². The van der Waals surface area contributed by atoms with Gasteiger partial charge in [-0.1, -0.05) is 19.1 Å². The number of halogens is 1. The molecule has 0 amide bonds. The summed E-state index contributed by atoms with van der Waals surface area (Å²) < 4.78 is 13.6. The summed E-state index contributed by atoms with van der Waals surface area (Å²) >= 11 is 0. The second-order valence-electron chi connectivity index (χ2n) is 3.66. The van der Waals surface area contributed by atoms with Crippen LogP contribution >= 0.6 is 0 Å². The number of nitrogens with zero attached hydrogens (tertiary/aromatic N) is 1. The Morgan fingerprint density at radius 2 is 2.12 bits per heavy atom. The van der Waals surface area contributed by atoms with Crippen molar-refractivity contribution < 1.29 is 14.3 Å². The third-order valence-electron chi connectivity index (χ3n) is 2.45. The monoisotopic (exact) mass is 225 g/mol. The zero-order chi connectivity index (χ0) is 12.1. The Labute approximate surface area is 94.5 Å². The van der Waals surface area contributed by atoms with Gasteiger partial charge in [-0.25, -0.2) is 9.18 Å². The molecule has 0 saturated carbocycles. The van der Waals surface area contributed by atoms with E-state index >= 15 is 0 Å². The summed E-state index contributed by atoms with van der Waals surface area (Å²) in [7, 11) is 0. The van der Waals surface area contributed by atoms with E-state index in [9.17, 15) is 9.18 Å². The number of carboxylic acid groups (broad SMARTS) is 1. The summed E-state index contributed by atoms with van der Waals surface area (Å²) in [5.74, 6) is -1.33. The van der Waals surface area contributed by atoms with Gasteiger partial charge in [0.25, 0.3) is 0 Å². The van der Waals surface area contributed by atoms with Crippen molar-refractivity contribution in [2.45, 2.75) is 26.3 Å². The third kappa shape index (κ3) is 2.72. The number of hydrogen-bond donors (Lipinski definition) is 1. The molecule has 16 heavy (non-hydrogen) atoms. The van der Waals surface area contributed by atoms with Crippen LogP contribution in [0.3, 0.4) is 0 Å². The Hall–Kier alpha value is -1.58. The first kappa shape index (κ1) is 12.5. The first-order valence-corrected chi connectivity index (χ1v) is 5.32. The Morgan fingerprint density at radius 3 is 2.62 bits per heavy atom. The summed E-state index contributed by atoms with van der Waals surface area (Å²) in [4.78, 5) is 12.5. The van der Waals surface area contributed by atoms with E-state index in [1.807, 2.05) is 6.92 Å². The van der Waals surface area contributed by atoms with E-state index in [2.05, 4.69) is 0 Å². The van der Waals surface area contributed by atoms with E-state index < -0.39 is 12.0 Å². The normalized spacial score (nSPS) is 12.2. The molecule has 3 nitrogen and oxygen atoms in total. The highest BCUT2D eigenvalue weighted by atomic mass is 19.1. The lowest BCUT2D eigenvalue weighted by Gasteiger charge is -2.28. The molecule has 0 aliphatic carbocycles. The lowest BCUT2D eigenvalue weighted by Crippen LogP contribution is -2.40. The van der Waals surface area contributed by atoms with Crippen molar-refractivity contribution in [2.24, 2.45) is 0 Å². The molecule has 0 aliphatic rings. The average Bonchev–Trinajstić information content (AvgIpc) is 2.26. The zero-order valence-electron chi connectivity index (χ0n) is 9.48. The van der Waals surface area contributed by atoms with E-state index in [1.165, 1.54) is 6.07 Å². The molecule has 0 heterocycles. The first-order chi connectivity index (χ1) is 7.57. The number of aliphatic carboxylic acids is 1. The maximum atomic E-state index is 13.6. The minimum absolute atomic E-state index is 0.347. The molecule has 1 aromatic carbocycles. The van der Waals surface area contributed by atoms with Crippen molar-refractivity contribution in [1.29, 1.82) is 0 Å². The van der Waals surface area contributed by atoms with Gasteiger partial charge < -0.3 is 10.0 Å². The second-order valence-corrected chi connectivity index (χ2v) is 3.66. The van der Waals surface area contributed by atoms with Gasteiger partial charge in [0.1, 0.15) is 11.9 Å². The predicted molar refractivity (Wildman–Crippen MR) is 61.1 cm³/mol. The van der Waals surface area contributed by atoms with Gasteiger partial charge >= 0.3 is 5.97 Å². The smallest absolute Gasteiger partial charge is 0.326 e. The minimum atomic E-state index is -0.947. The van der Waals surface area contributed by atoms with E-state index in [-0.39, 0.29) is 5.82 Å². The van der Waals surface area contributed by atoms with Crippen LogP contribution in [0.1, 0.15) is 20.3 Å². The van der Waals surface area contributed by atoms with Crippen molar-refractivity contribution in [3.8, 4) is 0 Å². The third-order valence-corrected chi connectivity index (χ3v) is 2.45. The number of rotatable bonds is 5. The Bertz CT molecular complexity index is 368. The molecular formula is C12H16FNO2. The van der Waals surface area contributed by atoms with Crippen LogP contribution in [-0.4, -0.2) is 23.7 Å². The molecule has 0 aromatic heterocycles. The highest BCUT2D eigenvalue weighted by Crippen LogP contribution is 2.21. The number of para-hydroxylation sites is 1. The first-order valence-electron chi connectivity index (χ1n) is 5.32. The van der Waals surface area contributed by atoms with E-state index in [1.54, 1.807) is 30.0 Å². The molecule has 1 rings (SSSR count). The van der Waals surface area contributed by atoms with Crippen LogP contribution in [0.25, 0.3) is 0 Å². The van der Waals surface area contributed by atoms with E-state index in [0.29, 0.717) is 12.2 Å². The van der Waals surface area contributed by atoms with Crippen LogP contribution in [0.2, 0.25) is 0 Å². The van der Waals surface area contributed by atoms with Crippen molar-refractivity contribution in [3.05, 3.63) is 30.1 Å². The summed E-state index contributed by atoms with van der Waals surface area (Å²) in [5.41, 5.74) is 0.347. The fourth-order valence-corrected chi connectivity index (χ4v) is 1.58. The fraction of sp³-hybridized carbons (Fsp3) is 0.417. The molecule has 1 N–H and O–H groups in total. The van der Waals surface area contributed by atoms with Gasteiger partial charge in [0.2, 0.25) is 0 Å². The van der Waals surface area contributed by atoms with Crippen molar-refractivity contribution in [2.75, 3.05) is 11.4 Å². The zero-order valence-corrected chi connectivity index (χ0v) is 9.48. The van der Waals surface area contributed by atoms with Crippen LogP contribution in [-0.2, 0) is 4.79 Å². The van der Waals surface area contributed by atoms with Gasteiger partial charge in [-0.05, 0) is 25.5 Å². The Balaban J connectivity index is 3.02. The van der Waals surface area contributed by atoms with Crippen molar-refractivity contribution in [3.63, 3.8) is 0 Å². The molecule has 1 unspecified atom stereocenters. The molecule has 1 aromatic rings. The van der Waals surface area contributed by atoms with Crippen molar-refractivity contribution >= 4 is 11.7 Å². The lowest BCUT2D eigenvalue weighted by atomic mass is 10.2. The molecule has 4 heteroatoms. The number of benzene rings is 1. The quantitative estimate of drug-likeness (QED) is 0.837. The lowest BCUT2D eigenvalue weighted by molar-refractivity contribution is -0.138. The molecule has 0 radical (unpaired) electrons. The van der Waals surface area contributed by atoms with Crippen LogP contribution in [0.4, 0.5) is 10.1 Å². The molecular weight excluding hydrogens is 209 g/mol. The summed E-state index contributed by atoms with van der Waals surface area (Å²) in [6.07, 6.45) is 0.770. The van der Waals surface area contributed by atoms with E-state index in [0.717, 1.165) is 6.42 Å². The van der Waals surface area contributed by atoms with Gasteiger partial charge in [0.15, 0.2) is 0 Å². The SMILES string of the molecule is CCCN(c1ccccc1F)C(C)C(=O)O. The van der Waals surface area contributed by atoms with Gasteiger partial charge in [-0.15, -0.1) is 0 Å². The highest BCUT2D eigenvalue weighted by Gasteiger charge is 2.22. The number of carboxylic acids is 1. The fourth-order valence-electron chi connectivity index (χ4n) is 1.58. The average molecular weight is 225 g/mol. The molecule has 88 valence electrons. The maximum absolute atomic E-state index is 13.6. The van der Waals surface area contributed by atoms with Gasteiger partial charge in [0.05, 0.1) is 5.69 Å². The maximum Gasteiger partial charge on any atom is 0.326 e. The van der Waals surface area contributed by atoms with Crippen LogP contribution in [0.5, 0.6) is 0 Å². The minimum Gasteiger partial charge on any atom is -0.480 e. The summed E-state index contributed by atoms with van der Waals surface area (Å²) in [6, 6.07) is 5.51. The highest BCUT2D eigenvalue weighted by molar-refractivity contribution is 5.77. The summed E-state index contributed by atoms with van der Waals surface area (Å²) in [6.45, 7) is 4.02. The largest absolute Gasteiger partial charge is 0.480 e. The Morgan fingerprint density at radius 1 is 1.50 bits per heavy atom. The number of hydrogen-bond acceptors (Lipinski definition) is 2. The molecule has 0 fully saturated rings. The topological polar surface area (TPSA) is 40.5 Å². The van der Waals surface area contributed by atoms with Crippen molar-refractivity contribution in [1.82, 2.24) is 0 Å². The Kier molecular flexibility index (Phi) is 4.28. The second kappa shape index (κ2) is 5.49. The standard InChI is InChI=1S/C12H16FNO2/c1-3-8-14(9(2)12(15)16)11-7-5-4-6-10(11)13/h4-7,9H,3,8H2,1-2H3,(H,15,16). The number of carbonyl (C=O) groups is 1. The van der Waals surface area contributed by atoms with Crippen LogP contribution in [0.15, 0.2) is 24.3 Å². The molecule has 0 aliphatic heterocycles. The number of anilines is 1. The summed E-state index contributed by atoms with van der Waals surface area (Å²) in [5, 5.41) is 8.97. The van der Waals surface area contributed by atoms with Gasteiger partial charge in [-0.3, -0.25) is 0 Å². The van der Waals surface area contributed by atoms with E-state index in [4.69, 9.17) is 5.11 Å². The molecule has 0 bridgehead atoms. The molecule has 0 spiro atoms. The van der Waals surface area contributed by atoms with Crippen LogP contribution in [0, 0.1) is 5.82 Å². The van der Waals surface area contributed by atoms with Gasteiger partial charge in [0, 0.05) is 6.54 Å². The van der Waals surface area contributed by atoms with Crippen LogP contribution < -0.4 is 4.90 Å². The molecule has 0 saturated heterocycles. The molecule has 1 atom stereocenters.